The fraction of sp³-hybridized carbons (Fsp3) is 0.333. The second-order valence-electron chi connectivity index (χ2n) is 4.46. The highest BCUT2D eigenvalue weighted by molar-refractivity contribution is 5.92. The number of carbonyl (C=O) groups excluding carboxylic acids is 1. The third kappa shape index (κ3) is 4.29. The van der Waals surface area contributed by atoms with Gasteiger partial charge >= 0.3 is 5.97 Å². The normalized spacial score (nSPS) is 11.2. The highest BCUT2D eigenvalue weighted by atomic mass is 19.1. The number of carboxylic acids is 1. The number of aliphatic carboxylic acids is 1. The SMILES string of the molecule is CC(C)(NCC(=O)Nc1ccc(F)cc1F)C(=O)O. The summed E-state index contributed by atoms with van der Waals surface area (Å²) < 4.78 is 25.9. The van der Waals surface area contributed by atoms with Gasteiger partial charge in [0.15, 0.2) is 0 Å². The summed E-state index contributed by atoms with van der Waals surface area (Å²) in [7, 11) is 0. The predicted molar refractivity (Wildman–Crippen MR) is 64.7 cm³/mol. The molecule has 0 aliphatic heterocycles. The van der Waals surface area contributed by atoms with Gasteiger partial charge in [-0.25, -0.2) is 8.78 Å². The molecule has 0 spiro atoms. The highest BCUT2D eigenvalue weighted by Gasteiger charge is 2.26. The number of nitrogens with one attached hydrogen (secondary N) is 2. The topological polar surface area (TPSA) is 78.4 Å². The monoisotopic (exact) mass is 272 g/mol. The summed E-state index contributed by atoms with van der Waals surface area (Å²) in [6, 6.07) is 2.74. The van der Waals surface area contributed by atoms with Gasteiger partial charge in [0.2, 0.25) is 5.91 Å². The summed E-state index contributed by atoms with van der Waals surface area (Å²) in [5, 5.41) is 13.5. The van der Waals surface area contributed by atoms with Gasteiger partial charge in [-0.1, -0.05) is 0 Å². The van der Waals surface area contributed by atoms with Crippen LogP contribution in [0, 0.1) is 11.6 Å². The van der Waals surface area contributed by atoms with Crippen LogP contribution in [-0.2, 0) is 9.59 Å². The fourth-order valence-electron chi connectivity index (χ4n) is 1.16. The molecule has 1 aromatic rings. The van der Waals surface area contributed by atoms with Crippen LogP contribution in [0.5, 0.6) is 0 Å². The Balaban J connectivity index is 2.59. The minimum atomic E-state index is -1.28. The smallest absolute Gasteiger partial charge is 0.323 e. The van der Waals surface area contributed by atoms with Gasteiger partial charge in [0.25, 0.3) is 0 Å². The fourth-order valence-corrected chi connectivity index (χ4v) is 1.16. The van der Waals surface area contributed by atoms with E-state index in [4.69, 9.17) is 5.11 Å². The molecule has 0 unspecified atom stereocenters. The van der Waals surface area contributed by atoms with E-state index in [9.17, 15) is 18.4 Å². The van der Waals surface area contributed by atoms with Crippen LogP contribution >= 0.6 is 0 Å². The zero-order valence-electron chi connectivity index (χ0n) is 10.5. The molecule has 1 aromatic carbocycles. The summed E-state index contributed by atoms with van der Waals surface area (Å²) in [6.07, 6.45) is 0. The van der Waals surface area contributed by atoms with Crippen LogP contribution in [0.3, 0.4) is 0 Å². The molecular formula is C12H14F2N2O3. The average Bonchev–Trinajstić information content (AvgIpc) is 2.30. The Morgan fingerprint density at radius 3 is 2.47 bits per heavy atom. The standard InChI is InChI=1S/C12H14F2N2O3/c1-12(2,11(18)19)15-6-10(17)16-9-4-3-7(13)5-8(9)14/h3-5,15H,6H2,1-2H3,(H,16,17)(H,18,19). The van der Waals surface area contributed by atoms with Crippen molar-refractivity contribution in [1.82, 2.24) is 5.32 Å². The number of hydrogen-bond acceptors (Lipinski definition) is 3. The number of rotatable bonds is 5. The predicted octanol–water partition coefficient (Wildman–Crippen LogP) is 1.36. The Kier molecular flexibility index (Phi) is 4.55. The Labute approximate surface area is 108 Å². The van der Waals surface area contributed by atoms with E-state index in [2.05, 4.69) is 10.6 Å². The van der Waals surface area contributed by atoms with Crippen molar-refractivity contribution in [3.05, 3.63) is 29.8 Å². The first-order chi connectivity index (χ1) is 8.72. The molecule has 0 saturated heterocycles. The van der Waals surface area contributed by atoms with E-state index in [1.54, 1.807) is 0 Å². The number of amides is 1. The second-order valence-corrected chi connectivity index (χ2v) is 4.46. The average molecular weight is 272 g/mol. The molecule has 1 amide bonds. The van der Waals surface area contributed by atoms with Crippen LogP contribution in [0.15, 0.2) is 18.2 Å². The van der Waals surface area contributed by atoms with E-state index in [0.717, 1.165) is 12.1 Å². The minimum Gasteiger partial charge on any atom is -0.480 e. The molecule has 7 heteroatoms. The molecule has 19 heavy (non-hydrogen) atoms. The molecule has 0 aromatic heterocycles. The lowest BCUT2D eigenvalue weighted by Gasteiger charge is -2.20. The number of hydrogen-bond donors (Lipinski definition) is 3. The van der Waals surface area contributed by atoms with Gasteiger partial charge in [0.1, 0.15) is 17.2 Å². The molecule has 0 bridgehead atoms. The summed E-state index contributed by atoms with van der Waals surface area (Å²) in [5.74, 6) is -3.39. The van der Waals surface area contributed by atoms with Crippen molar-refractivity contribution in [1.29, 1.82) is 0 Å². The molecule has 0 radical (unpaired) electrons. The van der Waals surface area contributed by atoms with Gasteiger partial charge in [-0.15, -0.1) is 0 Å². The van der Waals surface area contributed by atoms with Crippen LogP contribution in [0.2, 0.25) is 0 Å². The second kappa shape index (κ2) is 5.75. The lowest BCUT2D eigenvalue weighted by molar-refractivity contribution is -0.143. The lowest BCUT2D eigenvalue weighted by Crippen LogP contribution is -2.49. The molecule has 3 N–H and O–H groups in total. The molecule has 0 aliphatic carbocycles. The zero-order valence-corrected chi connectivity index (χ0v) is 10.5. The molecule has 0 heterocycles. The van der Waals surface area contributed by atoms with Crippen molar-refractivity contribution in [3.63, 3.8) is 0 Å². The van der Waals surface area contributed by atoms with Gasteiger partial charge < -0.3 is 10.4 Å². The number of anilines is 1. The van der Waals surface area contributed by atoms with Gasteiger partial charge in [-0.2, -0.15) is 0 Å². The first-order valence-corrected chi connectivity index (χ1v) is 5.45. The maximum absolute atomic E-state index is 13.2. The molecule has 0 saturated carbocycles. The van der Waals surface area contributed by atoms with Crippen LogP contribution in [-0.4, -0.2) is 29.1 Å². The third-order valence-corrected chi connectivity index (χ3v) is 2.43. The Hall–Kier alpha value is -2.02. The van der Waals surface area contributed by atoms with E-state index in [1.807, 2.05) is 0 Å². The number of carbonyl (C=O) groups is 2. The summed E-state index contributed by atoms with van der Waals surface area (Å²) in [6.45, 7) is 2.47. The van der Waals surface area contributed by atoms with E-state index < -0.39 is 29.0 Å². The van der Waals surface area contributed by atoms with Crippen LogP contribution < -0.4 is 10.6 Å². The van der Waals surface area contributed by atoms with E-state index in [-0.39, 0.29) is 12.2 Å². The van der Waals surface area contributed by atoms with Crippen molar-refractivity contribution < 1.29 is 23.5 Å². The quantitative estimate of drug-likeness (QED) is 0.756. The molecule has 0 atom stereocenters. The molecule has 104 valence electrons. The number of halogens is 2. The molecule has 5 nitrogen and oxygen atoms in total. The minimum absolute atomic E-state index is 0.165. The van der Waals surface area contributed by atoms with Crippen molar-refractivity contribution in [2.45, 2.75) is 19.4 Å². The van der Waals surface area contributed by atoms with Gasteiger partial charge in [0.05, 0.1) is 12.2 Å². The lowest BCUT2D eigenvalue weighted by atomic mass is 10.1. The molecule has 0 aliphatic rings. The van der Waals surface area contributed by atoms with Crippen molar-refractivity contribution >= 4 is 17.6 Å². The van der Waals surface area contributed by atoms with E-state index in [0.29, 0.717) is 6.07 Å². The van der Waals surface area contributed by atoms with Crippen LogP contribution in [0.25, 0.3) is 0 Å². The van der Waals surface area contributed by atoms with Crippen LogP contribution in [0.1, 0.15) is 13.8 Å². The maximum Gasteiger partial charge on any atom is 0.323 e. The van der Waals surface area contributed by atoms with Crippen molar-refractivity contribution in [2.24, 2.45) is 0 Å². The van der Waals surface area contributed by atoms with E-state index >= 15 is 0 Å². The molecule has 0 fully saturated rings. The van der Waals surface area contributed by atoms with Gasteiger partial charge in [-0.3, -0.25) is 14.9 Å². The van der Waals surface area contributed by atoms with Gasteiger partial charge in [-0.05, 0) is 26.0 Å². The Morgan fingerprint density at radius 2 is 1.95 bits per heavy atom. The Bertz CT molecular complexity index is 504. The zero-order chi connectivity index (χ0) is 14.6. The summed E-state index contributed by atoms with van der Waals surface area (Å²) in [5.41, 5.74) is -1.44. The Morgan fingerprint density at radius 1 is 1.32 bits per heavy atom. The van der Waals surface area contributed by atoms with Crippen LogP contribution in [0.4, 0.5) is 14.5 Å². The van der Waals surface area contributed by atoms with E-state index in [1.165, 1.54) is 13.8 Å². The van der Waals surface area contributed by atoms with Gasteiger partial charge in [0, 0.05) is 6.07 Å². The molecule has 1 rings (SSSR count). The van der Waals surface area contributed by atoms with Crippen molar-refractivity contribution in [2.75, 3.05) is 11.9 Å². The number of carboxylic acid groups (broad SMARTS) is 1. The maximum atomic E-state index is 13.2. The largest absolute Gasteiger partial charge is 0.480 e. The third-order valence-electron chi connectivity index (χ3n) is 2.43. The summed E-state index contributed by atoms with van der Waals surface area (Å²) in [4.78, 5) is 22.3. The number of benzene rings is 1. The molecular weight excluding hydrogens is 258 g/mol. The first kappa shape index (κ1) is 15.0. The van der Waals surface area contributed by atoms with Crippen molar-refractivity contribution in [3.8, 4) is 0 Å². The first-order valence-electron chi connectivity index (χ1n) is 5.45. The summed E-state index contributed by atoms with van der Waals surface area (Å²) >= 11 is 0. The highest BCUT2D eigenvalue weighted by Crippen LogP contribution is 2.14.